The molecule has 1 aromatic carbocycles. The molecule has 1 heterocycles. The van der Waals surface area contributed by atoms with Crippen LogP contribution in [-0.4, -0.2) is 4.98 Å². The zero-order valence-electron chi connectivity index (χ0n) is 9.27. The SMILES string of the molecule is Cc1cccc(Nc2ccncc2CN)c1. The molecule has 1 aromatic heterocycles. The Morgan fingerprint density at radius 3 is 2.94 bits per heavy atom. The van der Waals surface area contributed by atoms with E-state index in [9.17, 15) is 0 Å². The second-order valence-electron chi connectivity index (χ2n) is 3.73. The number of nitrogens with two attached hydrogens (primary N) is 1. The minimum Gasteiger partial charge on any atom is -0.355 e. The van der Waals surface area contributed by atoms with Gasteiger partial charge in [-0.15, -0.1) is 0 Å². The summed E-state index contributed by atoms with van der Waals surface area (Å²) in [4.78, 5) is 4.06. The number of pyridine rings is 1. The van der Waals surface area contributed by atoms with Crippen molar-refractivity contribution in [3.8, 4) is 0 Å². The third kappa shape index (κ3) is 2.38. The molecule has 0 fully saturated rings. The number of hydrogen-bond acceptors (Lipinski definition) is 3. The number of hydrogen-bond donors (Lipinski definition) is 2. The number of benzene rings is 1. The summed E-state index contributed by atoms with van der Waals surface area (Å²) in [7, 11) is 0. The molecule has 0 aliphatic rings. The van der Waals surface area contributed by atoms with E-state index in [-0.39, 0.29) is 0 Å². The minimum absolute atomic E-state index is 0.488. The van der Waals surface area contributed by atoms with Gasteiger partial charge in [0.1, 0.15) is 0 Å². The summed E-state index contributed by atoms with van der Waals surface area (Å²) in [6, 6.07) is 10.2. The van der Waals surface area contributed by atoms with Crippen LogP contribution >= 0.6 is 0 Å². The lowest BCUT2D eigenvalue weighted by atomic mass is 10.2. The van der Waals surface area contributed by atoms with Crippen LogP contribution in [0.1, 0.15) is 11.1 Å². The van der Waals surface area contributed by atoms with Gasteiger partial charge in [-0.2, -0.15) is 0 Å². The van der Waals surface area contributed by atoms with E-state index in [1.165, 1.54) is 5.56 Å². The molecule has 0 saturated heterocycles. The fourth-order valence-corrected chi connectivity index (χ4v) is 1.59. The molecule has 2 aromatic rings. The first-order chi connectivity index (χ1) is 7.79. The van der Waals surface area contributed by atoms with Gasteiger partial charge in [0.05, 0.1) is 0 Å². The summed E-state index contributed by atoms with van der Waals surface area (Å²) in [6.45, 7) is 2.56. The van der Waals surface area contributed by atoms with Crippen molar-refractivity contribution in [3.05, 3.63) is 53.9 Å². The maximum absolute atomic E-state index is 5.65. The molecule has 0 bridgehead atoms. The van der Waals surface area contributed by atoms with Crippen LogP contribution in [0.2, 0.25) is 0 Å². The van der Waals surface area contributed by atoms with E-state index in [1.54, 1.807) is 12.4 Å². The Hall–Kier alpha value is -1.87. The number of anilines is 2. The predicted octanol–water partition coefficient (Wildman–Crippen LogP) is 2.59. The Kier molecular flexibility index (Phi) is 3.17. The quantitative estimate of drug-likeness (QED) is 0.824. The topological polar surface area (TPSA) is 50.9 Å². The van der Waals surface area contributed by atoms with Crippen molar-refractivity contribution in [1.29, 1.82) is 0 Å². The number of rotatable bonds is 3. The van der Waals surface area contributed by atoms with Crippen LogP contribution in [0.15, 0.2) is 42.7 Å². The lowest BCUT2D eigenvalue weighted by Gasteiger charge is -2.10. The summed E-state index contributed by atoms with van der Waals surface area (Å²) in [5, 5.41) is 3.34. The maximum Gasteiger partial charge on any atom is 0.0460 e. The molecular weight excluding hydrogens is 198 g/mol. The number of aromatic nitrogens is 1. The second-order valence-corrected chi connectivity index (χ2v) is 3.73. The van der Waals surface area contributed by atoms with Crippen molar-refractivity contribution < 1.29 is 0 Å². The van der Waals surface area contributed by atoms with E-state index in [0.717, 1.165) is 16.9 Å². The molecule has 82 valence electrons. The summed E-state index contributed by atoms with van der Waals surface area (Å²) in [5.41, 5.74) is 9.99. The average Bonchev–Trinajstić information content (AvgIpc) is 2.30. The van der Waals surface area contributed by atoms with Crippen molar-refractivity contribution in [2.24, 2.45) is 5.73 Å². The van der Waals surface area contributed by atoms with Crippen LogP contribution in [0.4, 0.5) is 11.4 Å². The largest absolute Gasteiger partial charge is 0.355 e. The molecule has 0 aliphatic heterocycles. The van der Waals surface area contributed by atoms with Crippen molar-refractivity contribution in [3.63, 3.8) is 0 Å². The van der Waals surface area contributed by atoms with Gasteiger partial charge in [-0.3, -0.25) is 4.98 Å². The van der Waals surface area contributed by atoms with Gasteiger partial charge in [0.2, 0.25) is 0 Å². The first-order valence-electron chi connectivity index (χ1n) is 5.26. The Bertz CT molecular complexity index is 480. The summed E-state index contributed by atoms with van der Waals surface area (Å²) >= 11 is 0. The molecule has 3 N–H and O–H groups in total. The fraction of sp³-hybridized carbons (Fsp3) is 0.154. The van der Waals surface area contributed by atoms with Crippen LogP contribution < -0.4 is 11.1 Å². The first-order valence-corrected chi connectivity index (χ1v) is 5.26. The molecule has 0 aliphatic carbocycles. The van der Waals surface area contributed by atoms with E-state index in [0.29, 0.717) is 6.54 Å². The Balaban J connectivity index is 2.26. The van der Waals surface area contributed by atoms with Gasteiger partial charge >= 0.3 is 0 Å². The zero-order valence-corrected chi connectivity index (χ0v) is 9.27. The average molecular weight is 213 g/mol. The summed E-state index contributed by atoms with van der Waals surface area (Å²) in [5.74, 6) is 0. The molecular formula is C13H15N3. The molecule has 0 spiro atoms. The highest BCUT2D eigenvalue weighted by atomic mass is 14.9. The number of aryl methyl sites for hydroxylation is 1. The molecule has 0 radical (unpaired) electrons. The van der Waals surface area contributed by atoms with Crippen molar-refractivity contribution in [1.82, 2.24) is 4.98 Å². The molecule has 0 saturated carbocycles. The third-order valence-corrected chi connectivity index (χ3v) is 2.42. The zero-order chi connectivity index (χ0) is 11.4. The Morgan fingerprint density at radius 2 is 2.19 bits per heavy atom. The van der Waals surface area contributed by atoms with Gasteiger partial charge in [-0.1, -0.05) is 12.1 Å². The van der Waals surface area contributed by atoms with Gasteiger partial charge in [0, 0.05) is 35.9 Å². The molecule has 2 rings (SSSR count). The minimum atomic E-state index is 0.488. The smallest absolute Gasteiger partial charge is 0.0460 e. The molecule has 3 heteroatoms. The second kappa shape index (κ2) is 4.77. The molecule has 16 heavy (non-hydrogen) atoms. The summed E-state index contributed by atoms with van der Waals surface area (Å²) in [6.07, 6.45) is 3.55. The first kappa shape index (κ1) is 10.6. The van der Waals surface area contributed by atoms with Crippen LogP contribution in [0.5, 0.6) is 0 Å². The highest BCUT2D eigenvalue weighted by Gasteiger charge is 2.00. The van der Waals surface area contributed by atoms with Gasteiger partial charge in [0.15, 0.2) is 0 Å². The third-order valence-electron chi connectivity index (χ3n) is 2.42. The van der Waals surface area contributed by atoms with E-state index < -0.39 is 0 Å². The van der Waals surface area contributed by atoms with Crippen molar-refractivity contribution in [2.45, 2.75) is 13.5 Å². The van der Waals surface area contributed by atoms with Gasteiger partial charge in [-0.05, 0) is 30.7 Å². The van der Waals surface area contributed by atoms with Crippen molar-refractivity contribution >= 4 is 11.4 Å². The van der Waals surface area contributed by atoms with Crippen LogP contribution in [0.25, 0.3) is 0 Å². The maximum atomic E-state index is 5.65. The highest BCUT2D eigenvalue weighted by Crippen LogP contribution is 2.20. The standard InChI is InChI=1S/C13H15N3/c1-10-3-2-4-12(7-10)16-13-5-6-15-9-11(13)8-14/h2-7,9H,8,14H2,1H3,(H,15,16). The van der Waals surface area contributed by atoms with Gasteiger partial charge < -0.3 is 11.1 Å². The highest BCUT2D eigenvalue weighted by molar-refractivity contribution is 5.62. The van der Waals surface area contributed by atoms with Gasteiger partial charge in [-0.25, -0.2) is 0 Å². The molecule has 0 amide bonds. The Labute approximate surface area is 95.3 Å². The number of nitrogens with zero attached hydrogens (tertiary/aromatic N) is 1. The van der Waals surface area contributed by atoms with Crippen LogP contribution in [-0.2, 0) is 6.54 Å². The van der Waals surface area contributed by atoms with Crippen LogP contribution in [0.3, 0.4) is 0 Å². The number of nitrogens with one attached hydrogen (secondary N) is 1. The van der Waals surface area contributed by atoms with E-state index in [4.69, 9.17) is 5.73 Å². The van der Waals surface area contributed by atoms with Gasteiger partial charge in [0.25, 0.3) is 0 Å². The van der Waals surface area contributed by atoms with Crippen molar-refractivity contribution in [2.75, 3.05) is 5.32 Å². The summed E-state index contributed by atoms with van der Waals surface area (Å²) < 4.78 is 0. The van der Waals surface area contributed by atoms with E-state index in [1.807, 2.05) is 18.2 Å². The lowest BCUT2D eigenvalue weighted by Crippen LogP contribution is -2.02. The predicted molar refractivity (Wildman–Crippen MR) is 66.6 cm³/mol. The monoisotopic (exact) mass is 213 g/mol. The van der Waals surface area contributed by atoms with E-state index in [2.05, 4.69) is 29.4 Å². The molecule has 3 nitrogen and oxygen atoms in total. The van der Waals surface area contributed by atoms with Crippen LogP contribution in [0, 0.1) is 6.92 Å². The lowest BCUT2D eigenvalue weighted by molar-refractivity contribution is 1.05. The molecule has 0 unspecified atom stereocenters. The fourth-order valence-electron chi connectivity index (χ4n) is 1.59. The normalized spacial score (nSPS) is 10.1. The van der Waals surface area contributed by atoms with E-state index >= 15 is 0 Å². The molecule has 0 atom stereocenters. The Morgan fingerprint density at radius 1 is 1.31 bits per heavy atom.